The van der Waals surface area contributed by atoms with Gasteiger partial charge in [0, 0.05) is 11.1 Å². The van der Waals surface area contributed by atoms with Crippen LogP contribution in [-0.4, -0.2) is 18.4 Å². The van der Waals surface area contributed by atoms with Crippen LogP contribution in [0.3, 0.4) is 0 Å². The van der Waals surface area contributed by atoms with E-state index in [2.05, 4.69) is 4.74 Å². The Balaban J connectivity index is 3.04. The Kier molecular flexibility index (Phi) is 4.78. The summed E-state index contributed by atoms with van der Waals surface area (Å²) < 4.78 is 31.3. The number of benzene rings is 1. The van der Waals surface area contributed by atoms with Crippen LogP contribution in [0.1, 0.15) is 29.3 Å². The normalized spacial score (nSPS) is 10.3. The molecule has 0 heterocycles. The number of carbonyl (C=O) groups excluding carboxylic acids is 2. The molecule has 0 amide bonds. The molecule has 6 heteroatoms. The average Bonchev–Trinajstić information content (AvgIpc) is 2.31. The zero-order valence-electron chi connectivity index (χ0n) is 9.85. The molecule has 0 unspecified atom stereocenters. The molecule has 1 aromatic carbocycles. The van der Waals surface area contributed by atoms with Crippen molar-refractivity contribution < 1.29 is 23.1 Å². The van der Waals surface area contributed by atoms with Crippen LogP contribution in [0.5, 0.6) is 0 Å². The van der Waals surface area contributed by atoms with Gasteiger partial charge < -0.3 is 4.74 Å². The van der Waals surface area contributed by atoms with E-state index in [-0.39, 0.29) is 17.7 Å². The van der Waals surface area contributed by atoms with Gasteiger partial charge in [-0.2, -0.15) is 0 Å². The van der Waals surface area contributed by atoms with Crippen LogP contribution >= 0.6 is 11.6 Å². The van der Waals surface area contributed by atoms with E-state index in [0.29, 0.717) is 0 Å². The first-order valence-electron chi connectivity index (χ1n) is 5.21. The summed E-state index contributed by atoms with van der Waals surface area (Å²) in [5, 5.41) is -0.483. The number of ketones is 1. The summed E-state index contributed by atoms with van der Waals surface area (Å²) in [5.41, 5.74) is -0.627. The zero-order valence-corrected chi connectivity index (χ0v) is 10.6. The van der Waals surface area contributed by atoms with E-state index in [1.165, 1.54) is 6.92 Å². The Labute approximate surface area is 108 Å². The minimum absolute atomic E-state index is 0.121. The van der Waals surface area contributed by atoms with Gasteiger partial charge in [0.25, 0.3) is 0 Å². The fourth-order valence-corrected chi connectivity index (χ4v) is 1.63. The van der Waals surface area contributed by atoms with E-state index in [0.717, 1.165) is 6.07 Å². The van der Waals surface area contributed by atoms with Crippen molar-refractivity contribution in [3.8, 4) is 0 Å². The maximum atomic E-state index is 13.5. The van der Waals surface area contributed by atoms with E-state index in [9.17, 15) is 18.4 Å². The van der Waals surface area contributed by atoms with Gasteiger partial charge in [0.2, 0.25) is 0 Å². The molecule has 0 aliphatic heterocycles. The molecular formula is C12H11ClF2O3. The highest BCUT2D eigenvalue weighted by Gasteiger charge is 2.21. The Morgan fingerprint density at radius 3 is 2.56 bits per heavy atom. The molecule has 0 spiro atoms. The Morgan fingerprint density at radius 2 is 2.00 bits per heavy atom. The van der Waals surface area contributed by atoms with Gasteiger partial charge in [-0.1, -0.05) is 11.6 Å². The van der Waals surface area contributed by atoms with Gasteiger partial charge in [0.1, 0.15) is 18.1 Å². The summed E-state index contributed by atoms with van der Waals surface area (Å²) >= 11 is 5.61. The molecule has 0 radical (unpaired) electrons. The fourth-order valence-electron chi connectivity index (χ4n) is 1.33. The van der Waals surface area contributed by atoms with Crippen LogP contribution in [0.15, 0.2) is 6.07 Å². The first-order valence-corrected chi connectivity index (χ1v) is 5.59. The lowest BCUT2D eigenvalue weighted by molar-refractivity contribution is -0.141. The molecule has 1 aromatic rings. The molecule has 0 aliphatic carbocycles. The molecule has 0 aliphatic rings. The lowest BCUT2D eigenvalue weighted by Gasteiger charge is -2.07. The van der Waals surface area contributed by atoms with Gasteiger partial charge in [-0.25, -0.2) is 8.78 Å². The standard InChI is InChI=1S/C12H11ClF2O3/c1-3-18-10(17)5-9(16)7-4-8(14)6(2)12(15)11(7)13/h4H,3,5H2,1-2H3. The number of hydrogen-bond donors (Lipinski definition) is 0. The molecule has 98 valence electrons. The third-order valence-electron chi connectivity index (χ3n) is 2.30. The van der Waals surface area contributed by atoms with Crippen molar-refractivity contribution in [1.29, 1.82) is 0 Å². The van der Waals surface area contributed by atoms with Crippen LogP contribution in [-0.2, 0) is 9.53 Å². The number of Topliss-reactive ketones (excluding diaryl/α,β-unsaturated/α-hetero) is 1. The van der Waals surface area contributed by atoms with Crippen LogP contribution in [0, 0.1) is 18.6 Å². The Hall–Kier alpha value is -1.49. The predicted molar refractivity (Wildman–Crippen MR) is 61.7 cm³/mol. The minimum atomic E-state index is -0.996. The highest BCUT2D eigenvalue weighted by atomic mass is 35.5. The SMILES string of the molecule is CCOC(=O)CC(=O)c1cc(F)c(C)c(F)c1Cl. The van der Waals surface area contributed by atoms with Crippen LogP contribution in [0.4, 0.5) is 8.78 Å². The van der Waals surface area contributed by atoms with Gasteiger partial charge in [-0.15, -0.1) is 0 Å². The second-order valence-corrected chi connectivity index (χ2v) is 3.94. The van der Waals surface area contributed by atoms with E-state index in [4.69, 9.17) is 11.6 Å². The van der Waals surface area contributed by atoms with E-state index in [1.807, 2.05) is 0 Å². The van der Waals surface area contributed by atoms with Crippen molar-refractivity contribution in [3.05, 3.63) is 33.9 Å². The first-order chi connectivity index (χ1) is 8.38. The van der Waals surface area contributed by atoms with E-state index in [1.54, 1.807) is 6.92 Å². The number of halogens is 3. The molecule has 0 atom stereocenters. The van der Waals surface area contributed by atoms with Gasteiger partial charge in [0.15, 0.2) is 5.78 Å². The van der Waals surface area contributed by atoms with Crippen molar-refractivity contribution in [2.75, 3.05) is 6.61 Å². The quantitative estimate of drug-likeness (QED) is 0.367. The summed E-state index contributed by atoms with van der Waals surface area (Å²) in [5.74, 6) is -3.43. The number of hydrogen-bond acceptors (Lipinski definition) is 3. The van der Waals surface area contributed by atoms with Gasteiger partial charge >= 0.3 is 5.97 Å². The molecule has 0 N–H and O–H groups in total. The second kappa shape index (κ2) is 5.91. The summed E-state index contributed by atoms with van der Waals surface area (Å²) in [6.45, 7) is 2.91. The minimum Gasteiger partial charge on any atom is -0.466 e. The lowest BCUT2D eigenvalue weighted by atomic mass is 10.1. The molecule has 0 aromatic heterocycles. The summed E-state index contributed by atoms with van der Waals surface area (Å²) in [6.07, 6.45) is -0.602. The first kappa shape index (κ1) is 14.6. The van der Waals surface area contributed by atoms with Crippen molar-refractivity contribution in [1.82, 2.24) is 0 Å². The van der Waals surface area contributed by atoms with Crippen molar-refractivity contribution in [2.45, 2.75) is 20.3 Å². The highest BCUT2D eigenvalue weighted by Crippen LogP contribution is 2.26. The highest BCUT2D eigenvalue weighted by molar-refractivity contribution is 6.34. The molecule has 1 rings (SSSR count). The largest absolute Gasteiger partial charge is 0.466 e. The maximum absolute atomic E-state index is 13.5. The zero-order chi connectivity index (χ0) is 13.9. The molecule has 0 fully saturated rings. The Morgan fingerprint density at radius 1 is 1.39 bits per heavy atom. The number of ether oxygens (including phenoxy) is 1. The third-order valence-corrected chi connectivity index (χ3v) is 2.67. The molecule has 0 bridgehead atoms. The van der Waals surface area contributed by atoms with Crippen LogP contribution < -0.4 is 0 Å². The molecule has 0 saturated heterocycles. The summed E-state index contributed by atoms with van der Waals surface area (Å²) in [4.78, 5) is 22.7. The van der Waals surface area contributed by atoms with Gasteiger partial charge in [-0.3, -0.25) is 9.59 Å². The van der Waals surface area contributed by atoms with Gasteiger partial charge in [-0.05, 0) is 19.9 Å². The number of esters is 1. The van der Waals surface area contributed by atoms with E-state index >= 15 is 0 Å². The smallest absolute Gasteiger partial charge is 0.313 e. The van der Waals surface area contributed by atoms with Crippen LogP contribution in [0.25, 0.3) is 0 Å². The number of carbonyl (C=O) groups is 2. The van der Waals surface area contributed by atoms with Crippen molar-refractivity contribution in [2.24, 2.45) is 0 Å². The van der Waals surface area contributed by atoms with Gasteiger partial charge in [0.05, 0.1) is 11.6 Å². The lowest BCUT2D eigenvalue weighted by Crippen LogP contribution is -2.13. The maximum Gasteiger partial charge on any atom is 0.313 e. The average molecular weight is 277 g/mol. The predicted octanol–water partition coefficient (Wildman–Crippen LogP) is 3.06. The molecule has 0 saturated carbocycles. The Bertz CT molecular complexity index is 501. The van der Waals surface area contributed by atoms with Crippen LogP contribution in [0.2, 0.25) is 5.02 Å². The summed E-state index contributed by atoms with van der Waals surface area (Å²) in [7, 11) is 0. The summed E-state index contributed by atoms with van der Waals surface area (Å²) in [6, 6.07) is 0.822. The van der Waals surface area contributed by atoms with E-state index < -0.39 is 34.8 Å². The topological polar surface area (TPSA) is 43.4 Å². The molecule has 18 heavy (non-hydrogen) atoms. The van der Waals surface area contributed by atoms with Crippen molar-refractivity contribution >= 4 is 23.4 Å². The third kappa shape index (κ3) is 3.04. The van der Waals surface area contributed by atoms with Crippen molar-refractivity contribution in [3.63, 3.8) is 0 Å². The monoisotopic (exact) mass is 276 g/mol. The molecule has 3 nitrogen and oxygen atoms in total. The second-order valence-electron chi connectivity index (χ2n) is 3.56. The number of rotatable bonds is 4. The fraction of sp³-hybridized carbons (Fsp3) is 0.333. The molecular weight excluding hydrogens is 266 g/mol.